The lowest BCUT2D eigenvalue weighted by atomic mass is 10.2. The van der Waals surface area contributed by atoms with E-state index in [9.17, 15) is 18.0 Å². The molecule has 2 aromatic rings. The number of amides is 2. The second-order valence-corrected chi connectivity index (χ2v) is 6.15. The molecule has 0 spiro atoms. The van der Waals surface area contributed by atoms with Crippen molar-refractivity contribution in [2.75, 3.05) is 43.5 Å². The van der Waals surface area contributed by atoms with Crippen LogP contribution in [0.5, 0.6) is 5.75 Å². The Hall–Kier alpha value is -2.90. The SMILES string of the molecule is COc1ccccc1N1CCN(C(=O)Nc2cccc(C(F)(F)F)c2)CC1. The Morgan fingerprint density at radius 2 is 1.74 bits per heavy atom. The monoisotopic (exact) mass is 379 g/mol. The number of ether oxygens (including phenoxy) is 1. The second-order valence-electron chi connectivity index (χ2n) is 6.15. The van der Waals surface area contributed by atoms with Gasteiger partial charge in [-0.15, -0.1) is 0 Å². The van der Waals surface area contributed by atoms with Crippen molar-refractivity contribution in [2.24, 2.45) is 0 Å². The number of methoxy groups -OCH3 is 1. The minimum absolute atomic E-state index is 0.127. The zero-order valence-electron chi connectivity index (χ0n) is 14.8. The van der Waals surface area contributed by atoms with Crippen LogP contribution in [0.4, 0.5) is 29.3 Å². The van der Waals surface area contributed by atoms with Crippen LogP contribution in [0, 0.1) is 0 Å². The molecule has 0 aromatic heterocycles. The van der Waals surface area contributed by atoms with E-state index < -0.39 is 17.8 Å². The van der Waals surface area contributed by atoms with Crippen molar-refractivity contribution in [1.29, 1.82) is 0 Å². The third-order valence-corrected chi connectivity index (χ3v) is 4.43. The number of benzene rings is 2. The lowest BCUT2D eigenvalue weighted by Crippen LogP contribution is -2.50. The van der Waals surface area contributed by atoms with Gasteiger partial charge in [-0.1, -0.05) is 18.2 Å². The molecule has 0 unspecified atom stereocenters. The van der Waals surface area contributed by atoms with Crippen LogP contribution in [0.25, 0.3) is 0 Å². The summed E-state index contributed by atoms with van der Waals surface area (Å²) in [5.41, 5.74) is 0.293. The molecule has 3 rings (SSSR count). The van der Waals surface area contributed by atoms with Crippen LogP contribution in [0.1, 0.15) is 5.56 Å². The van der Waals surface area contributed by atoms with Crippen LogP contribution in [-0.4, -0.2) is 44.2 Å². The number of alkyl halides is 3. The molecule has 0 bridgehead atoms. The maximum Gasteiger partial charge on any atom is 0.416 e. The highest BCUT2D eigenvalue weighted by Gasteiger charge is 2.30. The number of hydrogen-bond acceptors (Lipinski definition) is 3. The summed E-state index contributed by atoms with van der Waals surface area (Å²) in [5.74, 6) is 0.763. The molecule has 0 aliphatic carbocycles. The normalized spacial score (nSPS) is 14.8. The predicted octanol–water partition coefficient (Wildman–Crippen LogP) is 4.07. The standard InChI is InChI=1S/C19H20F3N3O2/c1-27-17-8-3-2-7-16(17)24-9-11-25(12-10-24)18(26)23-15-6-4-5-14(13-15)19(20,21)22/h2-8,13H,9-12H2,1H3,(H,23,26). The average molecular weight is 379 g/mol. The highest BCUT2D eigenvalue weighted by Crippen LogP contribution is 2.31. The van der Waals surface area contributed by atoms with Gasteiger partial charge >= 0.3 is 12.2 Å². The van der Waals surface area contributed by atoms with Crippen LogP contribution >= 0.6 is 0 Å². The molecule has 0 atom stereocenters. The summed E-state index contributed by atoms with van der Waals surface area (Å²) in [4.78, 5) is 16.1. The van der Waals surface area contributed by atoms with Crippen LogP contribution in [0.2, 0.25) is 0 Å². The van der Waals surface area contributed by atoms with E-state index in [1.807, 2.05) is 24.3 Å². The van der Waals surface area contributed by atoms with Crippen molar-refractivity contribution in [3.8, 4) is 5.75 Å². The molecule has 1 fully saturated rings. The Labute approximate surface area is 155 Å². The smallest absolute Gasteiger partial charge is 0.416 e. The molecular weight excluding hydrogens is 359 g/mol. The van der Waals surface area contributed by atoms with Gasteiger partial charge < -0.3 is 19.9 Å². The molecule has 2 aromatic carbocycles. The first-order chi connectivity index (χ1) is 12.9. The molecule has 1 saturated heterocycles. The molecular formula is C19H20F3N3O2. The van der Waals surface area contributed by atoms with Gasteiger partial charge in [-0.05, 0) is 30.3 Å². The molecule has 2 amide bonds. The fourth-order valence-corrected chi connectivity index (χ4v) is 3.02. The van der Waals surface area contributed by atoms with Gasteiger partial charge in [0.05, 0.1) is 18.4 Å². The maximum absolute atomic E-state index is 12.8. The molecule has 8 heteroatoms. The van der Waals surface area contributed by atoms with Gasteiger partial charge in [-0.3, -0.25) is 0 Å². The van der Waals surface area contributed by atoms with Gasteiger partial charge in [-0.2, -0.15) is 13.2 Å². The first kappa shape index (κ1) is 18.9. The number of carbonyl (C=O) groups excluding carboxylic acids is 1. The van der Waals surface area contributed by atoms with Crippen molar-refractivity contribution < 1.29 is 22.7 Å². The van der Waals surface area contributed by atoms with Crippen LogP contribution in [0.15, 0.2) is 48.5 Å². The van der Waals surface area contributed by atoms with Crippen molar-refractivity contribution in [2.45, 2.75) is 6.18 Å². The van der Waals surface area contributed by atoms with Crippen molar-refractivity contribution in [3.05, 3.63) is 54.1 Å². The van der Waals surface area contributed by atoms with Gasteiger partial charge in [0.2, 0.25) is 0 Å². The minimum Gasteiger partial charge on any atom is -0.495 e. The molecule has 0 radical (unpaired) electrons. The van der Waals surface area contributed by atoms with Gasteiger partial charge in [0.1, 0.15) is 5.75 Å². The van der Waals surface area contributed by atoms with Gasteiger partial charge in [0.15, 0.2) is 0 Å². The number of halogens is 3. The average Bonchev–Trinajstić information content (AvgIpc) is 2.67. The lowest BCUT2D eigenvalue weighted by molar-refractivity contribution is -0.137. The Morgan fingerprint density at radius 1 is 1.04 bits per heavy atom. The highest BCUT2D eigenvalue weighted by atomic mass is 19.4. The Balaban J connectivity index is 1.61. The van der Waals surface area contributed by atoms with E-state index in [0.717, 1.165) is 23.6 Å². The van der Waals surface area contributed by atoms with E-state index in [0.29, 0.717) is 26.2 Å². The molecule has 1 heterocycles. The van der Waals surface area contributed by atoms with Crippen LogP contribution in [-0.2, 0) is 6.18 Å². The van der Waals surface area contributed by atoms with E-state index in [2.05, 4.69) is 10.2 Å². The minimum atomic E-state index is -4.44. The van der Waals surface area contributed by atoms with E-state index in [4.69, 9.17) is 4.74 Å². The molecule has 1 aliphatic rings. The number of nitrogens with zero attached hydrogens (tertiary/aromatic N) is 2. The number of urea groups is 1. The summed E-state index contributed by atoms with van der Waals surface area (Å²) in [7, 11) is 1.61. The summed E-state index contributed by atoms with van der Waals surface area (Å²) < 4.78 is 43.7. The largest absolute Gasteiger partial charge is 0.495 e. The van der Waals surface area contributed by atoms with Gasteiger partial charge in [0, 0.05) is 31.9 Å². The number of hydrogen-bond donors (Lipinski definition) is 1. The van der Waals surface area contributed by atoms with Crippen LogP contribution in [0.3, 0.4) is 0 Å². The van der Waals surface area contributed by atoms with E-state index in [1.165, 1.54) is 12.1 Å². The van der Waals surface area contributed by atoms with Gasteiger partial charge in [-0.25, -0.2) is 4.79 Å². The third kappa shape index (κ3) is 4.45. The zero-order chi connectivity index (χ0) is 19.4. The number of anilines is 2. The number of piperazine rings is 1. The number of nitrogens with one attached hydrogen (secondary N) is 1. The van der Waals surface area contributed by atoms with Crippen molar-refractivity contribution >= 4 is 17.4 Å². The first-order valence-electron chi connectivity index (χ1n) is 8.49. The first-order valence-corrected chi connectivity index (χ1v) is 8.49. The van der Waals surface area contributed by atoms with Crippen molar-refractivity contribution in [1.82, 2.24) is 4.90 Å². The summed E-state index contributed by atoms with van der Waals surface area (Å²) in [6.07, 6.45) is -4.44. The second kappa shape index (κ2) is 7.77. The Kier molecular flexibility index (Phi) is 5.43. The maximum atomic E-state index is 12.8. The van der Waals surface area contributed by atoms with Crippen molar-refractivity contribution in [3.63, 3.8) is 0 Å². The summed E-state index contributed by atoms with van der Waals surface area (Å²) in [5, 5.41) is 2.55. The lowest BCUT2D eigenvalue weighted by Gasteiger charge is -2.36. The van der Waals surface area contributed by atoms with E-state index >= 15 is 0 Å². The third-order valence-electron chi connectivity index (χ3n) is 4.43. The van der Waals surface area contributed by atoms with Crippen LogP contribution < -0.4 is 15.0 Å². The summed E-state index contributed by atoms with van der Waals surface area (Å²) in [6.45, 7) is 2.14. The quantitative estimate of drug-likeness (QED) is 0.875. The molecule has 27 heavy (non-hydrogen) atoms. The fraction of sp³-hybridized carbons (Fsp3) is 0.316. The summed E-state index contributed by atoms with van der Waals surface area (Å²) in [6, 6.07) is 11.9. The molecule has 0 saturated carbocycles. The number of carbonyl (C=O) groups is 1. The zero-order valence-corrected chi connectivity index (χ0v) is 14.8. The topological polar surface area (TPSA) is 44.8 Å². The Bertz CT molecular complexity index is 803. The number of rotatable bonds is 3. The van der Waals surface area contributed by atoms with Gasteiger partial charge in [0.25, 0.3) is 0 Å². The number of para-hydroxylation sites is 2. The van der Waals surface area contributed by atoms with E-state index in [-0.39, 0.29) is 5.69 Å². The van der Waals surface area contributed by atoms with E-state index in [1.54, 1.807) is 12.0 Å². The molecule has 1 N–H and O–H groups in total. The Morgan fingerprint density at radius 3 is 2.41 bits per heavy atom. The highest BCUT2D eigenvalue weighted by molar-refractivity contribution is 5.89. The molecule has 5 nitrogen and oxygen atoms in total. The molecule has 144 valence electrons. The predicted molar refractivity (Wildman–Crippen MR) is 97.2 cm³/mol. The summed E-state index contributed by atoms with van der Waals surface area (Å²) >= 11 is 0. The molecule has 1 aliphatic heterocycles. The fourth-order valence-electron chi connectivity index (χ4n) is 3.02.